The second-order valence-corrected chi connectivity index (χ2v) is 5.53. The lowest BCUT2D eigenvalue weighted by Crippen LogP contribution is -2.35. The Balaban J connectivity index is 2.42. The summed E-state index contributed by atoms with van der Waals surface area (Å²) in [4.78, 5) is 25.0. The van der Waals surface area contributed by atoms with Crippen LogP contribution in [-0.4, -0.2) is 35.0 Å². The quantitative estimate of drug-likeness (QED) is 0.620. The molecule has 4 nitrogen and oxygen atoms in total. The third-order valence-electron chi connectivity index (χ3n) is 3.80. The van der Waals surface area contributed by atoms with Crippen molar-refractivity contribution >= 4 is 11.9 Å². The first-order chi connectivity index (χ1) is 9.11. The van der Waals surface area contributed by atoms with Crippen molar-refractivity contribution in [3.05, 3.63) is 0 Å². The molecule has 0 radical (unpaired) electrons. The lowest BCUT2D eigenvalue weighted by molar-refractivity contribution is -0.142. The minimum absolute atomic E-state index is 0.0691. The number of carboxylic acids is 1. The number of carbonyl (C=O) groups is 2. The molecular weight excluding hydrogens is 242 g/mol. The van der Waals surface area contributed by atoms with E-state index in [0.717, 1.165) is 51.6 Å². The second kappa shape index (κ2) is 8.18. The Labute approximate surface area is 116 Å². The van der Waals surface area contributed by atoms with Crippen LogP contribution in [0.25, 0.3) is 0 Å². The molecule has 1 N–H and O–H groups in total. The van der Waals surface area contributed by atoms with E-state index in [1.165, 1.54) is 0 Å². The highest BCUT2D eigenvalue weighted by atomic mass is 16.4. The van der Waals surface area contributed by atoms with Crippen LogP contribution < -0.4 is 0 Å². The average molecular weight is 269 g/mol. The highest BCUT2D eigenvalue weighted by Crippen LogP contribution is 2.40. The monoisotopic (exact) mass is 269 g/mol. The van der Waals surface area contributed by atoms with Crippen molar-refractivity contribution in [1.29, 1.82) is 0 Å². The molecule has 0 aromatic heterocycles. The fourth-order valence-electron chi connectivity index (χ4n) is 2.41. The molecule has 0 aromatic rings. The van der Waals surface area contributed by atoms with Crippen molar-refractivity contribution in [2.75, 3.05) is 13.1 Å². The summed E-state index contributed by atoms with van der Waals surface area (Å²) in [6.07, 6.45) is 7.12. The van der Waals surface area contributed by atoms with E-state index in [1.54, 1.807) is 0 Å². The minimum Gasteiger partial charge on any atom is -0.481 e. The highest BCUT2D eigenvalue weighted by molar-refractivity contribution is 5.89. The van der Waals surface area contributed by atoms with Crippen molar-refractivity contribution in [3.63, 3.8) is 0 Å². The number of carboxylic acid groups (broad SMARTS) is 1. The van der Waals surface area contributed by atoms with Crippen LogP contribution in [0.3, 0.4) is 0 Å². The van der Waals surface area contributed by atoms with E-state index in [-0.39, 0.29) is 11.8 Å². The molecule has 2 atom stereocenters. The smallest absolute Gasteiger partial charge is 0.307 e. The maximum absolute atomic E-state index is 12.3. The molecule has 1 rings (SSSR count). The summed E-state index contributed by atoms with van der Waals surface area (Å²) in [6, 6.07) is 0. The summed E-state index contributed by atoms with van der Waals surface area (Å²) >= 11 is 0. The molecule has 0 bridgehead atoms. The summed E-state index contributed by atoms with van der Waals surface area (Å²) in [6.45, 7) is 5.87. The maximum atomic E-state index is 12.3. The van der Waals surface area contributed by atoms with E-state index in [0.29, 0.717) is 6.42 Å². The van der Waals surface area contributed by atoms with Crippen LogP contribution in [0.4, 0.5) is 0 Å². The van der Waals surface area contributed by atoms with Gasteiger partial charge in [0.1, 0.15) is 0 Å². The number of rotatable bonds is 10. The molecule has 0 spiro atoms. The van der Waals surface area contributed by atoms with Gasteiger partial charge in [0.25, 0.3) is 0 Å². The van der Waals surface area contributed by atoms with Gasteiger partial charge in [0.05, 0.1) is 11.8 Å². The second-order valence-electron chi connectivity index (χ2n) is 5.53. The van der Waals surface area contributed by atoms with Crippen LogP contribution in [0.15, 0.2) is 0 Å². The summed E-state index contributed by atoms with van der Waals surface area (Å²) in [7, 11) is 0. The zero-order valence-electron chi connectivity index (χ0n) is 12.2. The lowest BCUT2D eigenvalue weighted by atomic mass is 10.2. The van der Waals surface area contributed by atoms with Crippen LogP contribution in [0.1, 0.15) is 58.8 Å². The topological polar surface area (TPSA) is 57.6 Å². The van der Waals surface area contributed by atoms with Crippen molar-refractivity contribution in [1.82, 2.24) is 4.90 Å². The molecule has 19 heavy (non-hydrogen) atoms. The molecule has 1 aliphatic carbocycles. The van der Waals surface area contributed by atoms with Crippen LogP contribution >= 0.6 is 0 Å². The number of amides is 1. The Morgan fingerprint density at radius 2 is 1.53 bits per heavy atom. The zero-order valence-corrected chi connectivity index (χ0v) is 12.2. The van der Waals surface area contributed by atoms with E-state index in [2.05, 4.69) is 13.8 Å². The first-order valence-electron chi connectivity index (χ1n) is 7.63. The first kappa shape index (κ1) is 16.0. The molecule has 1 saturated carbocycles. The molecule has 0 aliphatic heterocycles. The number of hydrogen-bond acceptors (Lipinski definition) is 2. The molecule has 0 unspecified atom stereocenters. The van der Waals surface area contributed by atoms with Crippen LogP contribution in [0.5, 0.6) is 0 Å². The van der Waals surface area contributed by atoms with E-state index in [9.17, 15) is 9.59 Å². The van der Waals surface area contributed by atoms with Gasteiger partial charge in [-0.05, 0) is 19.3 Å². The number of aliphatic carboxylic acids is 1. The average Bonchev–Trinajstić information content (AvgIpc) is 3.17. The number of carbonyl (C=O) groups excluding carboxylic acids is 1. The number of unbranched alkanes of at least 4 members (excludes halogenated alkanes) is 4. The molecule has 1 fully saturated rings. The predicted molar refractivity (Wildman–Crippen MR) is 74.9 cm³/mol. The number of hydrogen-bond donors (Lipinski definition) is 1. The van der Waals surface area contributed by atoms with Gasteiger partial charge in [-0.1, -0.05) is 39.5 Å². The van der Waals surface area contributed by atoms with E-state index in [1.807, 2.05) is 4.90 Å². The van der Waals surface area contributed by atoms with Crippen molar-refractivity contribution in [2.45, 2.75) is 58.8 Å². The van der Waals surface area contributed by atoms with Crippen LogP contribution in [0, 0.1) is 11.8 Å². The molecule has 110 valence electrons. The first-order valence-corrected chi connectivity index (χ1v) is 7.63. The standard InChI is InChI=1S/C15H27NO3/c1-3-5-7-9-16(10-8-6-4-2)14(17)12-11-13(12)15(18)19/h12-13H,3-11H2,1-2H3,(H,18,19)/t12-,13+/m1/s1. The summed E-state index contributed by atoms with van der Waals surface area (Å²) in [5.74, 6) is -1.42. The Kier molecular flexibility index (Phi) is 6.89. The third kappa shape index (κ3) is 5.21. The Bertz CT molecular complexity index is 294. The summed E-state index contributed by atoms with van der Waals surface area (Å²) in [5.41, 5.74) is 0. The van der Waals surface area contributed by atoms with Gasteiger partial charge in [0.2, 0.25) is 5.91 Å². The van der Waals surface area contributed by atoms with Gasteiger partial charge in [-0.3, -0.25) is 9.59 Å². The molecule has 4 heteroatoms. The largest absolute Gasteiger partial charge is 0.481 e. The van der Waals surface area contributed by atoms with Gasteiger partial charge in [-0.2, -0.15) is 0 Å². The van der Waals surface area contributed by atoms with Gasteiger partial charge in [0, 0.05) is 13.1 Å². The van der Waals surface area contributed by atoms with Gasteiger partial charge < -0.3 is 10.0 Å². The van der Waals surface area contributed by atoms with E-state index < -0.39 is 11.9 Å². The van der Waals surface area contributed by atoms with Crippen LogP contribution in [-0.2, 0) is 9.59 Å². The minimum atomic E-state index is -0.819. The maximum Gasteiger partial charge on any atom is 0.307 e. The fourth-order valence-corrected chi connectivity index (χ4v) is 2.41. The zero-order chi connectivity index (χ0) is 14.3. The SMILES string of the molecule is CCCCCN(CCCCC)C(=O)[C@@H]1C[C@@H]1C(=O)O. The van der Waals surface area contributed by atoms with E-state index >= 15 is 0 Å². The van der Waals surface area contributed by atoms with Gasteiger partial charge >= 0.3 is 5.97 Å². The summed E-state index contributed by atoms with van der Waals surface area (Å²) in [5, 5.41) is 8.91. The van der Waals surface area contributed by atoms with Gasteiger partial charge in [-0.25, -0.2) is 0 Å². The van der Waals surface area contributed by atoms with Crippen molar-refractivity contribution in [2.24, 2.45) is 11.8 Å². The molecule has 1 amide bonds. The number of nitrogens with zero attached hydrogens (tertiary/aromatic N) is 1. The van der Waals surface area contributed by atoms with Crippen molar-refractivity contribution < 1.29 is 14.7 Å². The Hall–Kier alpha value is -1.06. The summed E-state index contributed by atoms with van der Waals surface area (Å²) < 4.78 is 0. The Morgan fingerprint density at radius 3 is 1.89 bits per heavy atom. The Morgan fingerprint density at radius 1 is 1.00 bits per heavy atom. The molecule has 0 heterocycles. The third-order valence-corrected chi connectivity index (χ3v) is 3.80. The van der Waals surface area contributed by atoms with Crippen LogP contribution in [0.2, 0.25) is 0 Å². The van der Waals surface area contributed by atoms with Gasteiger partial charge in [0.15, 0.2) is 0 Å². The highest BCUT2D eigenvalue weighted by Gasteiger charge is 2.49. The van der Waals surface area contributed by atoms with Crippen molar-refractivity contribution in [3.8, 4) is 0 Å². The van der Waals surface area contributed by atoms with Gasteiger partial charge in [-0.15, -0.1) is 0 Å². The molecule has 1 aliphatic rings. The molecule has 0 aromatic carbocycles. The normalized spacial score (nSPS) is 21.2. The predicted octanol–water partition coefficient (Wildman–Crippen LogP) is 2.92. The fraction of sp³-hybridized carbons (Fsp3) is 0.867. The molecular formula is C15H27NO3. The molecule has 0 saturated heterocycles. The lowest BCUT2D eigenvalue weighted by Gasteiger charge is -2.23. The van der Waals surface area contributed by atoms with E-state index in [4.69, 9.17) is 5.11 Å².